The summed E-state index contributed by atoms with van der Waals surface area (Å²) in [7, 11) is 0. The summed E-state index contributed by atoms with van der Waals surface area (Å²) in [5.74, 6) is 2.82. The van der Waals surface area contributed by atoms with Gasteiger partial charge in [0.25, 0.3) is 0 Å². The van der Waals surface area contributed by atoms with Gasteiger partial charge in [-0.15, -0.1) is 0 Å². The first kappa shape index (κ1) is 15.5. The number of rotatable bonds is 5. The van der Waals surface area contributed by atoms with E-state index in [4.69, 9.17) is 16.3 Å². The van der Waals surface area contributed by atoms with Crippen molar-refractivity contribution in [1.82, 2.24) is 0 Å². The van der Waals surface area contributed by atoms with Crippen molar-refractivity contribution >= 4 is 33.2 Å². The zero-order valence-electron chi connectivity index (χ0n) is 12.5. The molecule has 2 fully saturated rings. The Bertz CT molecular complexity index is 504. The predicted octanol–water partition coefficient (Wildman–Crippen LogP) is 5.88. The number of halogens is 2. The van der Waals surface area contributed by atoms with Crippen LogP contribution < -0.4 is 10.1 Å². The molecule has 0 radical (unpaired) electrons. The molecule has 2 unspecified atom stereocenters. The number of benzene rings is 1. The van der Waals surface area contributed by atoms with Crippen LogP contribution in [-0.4, -0.2) is 12.6 Å². The molecule has 2 saturated carbocycles. The van der Waals surface area contributed by atoms with Crippen molar-refractivity contribution in [3.8, 4) is 5.75 Å². The Labute approximate surface area is 140 Å². The Hall–Kier alpha value is -0.410. The monoisotopic (exact) mass is 371 g/mol. The number of ether oxygens (including phenoxy) is 1. The van der Waals surface area contributed by atoms with Crippen molar-refractivity contribution < 1.29 is 4.74 Å². The second-order valence-electron chi connectivity index (χ2n) is 6.30. The van der Waals surface area contributed by atoms with Crippen molar-refractivity contribution in [2.75, 3.05) is 11.9 Å². The van der Waals surface area contributed by atoms with E-state index >= 15 is 0 Å². The van der Waals surface area contributed by atoms with Crippen LogP contribution in [0.15, 0.2) is 16.6 Å². The third-order valence-electron chi connectivity index (χ3n) is 4.66. The van der Waals surface area contributed by atoms with Gasteiger partial charge in [0, 0.05) is 11.1 Å². The van der Waals surface area contributed by atoms with Crippen LogP contribution >= 0.6 is 27.5 Å². The fourth-order valence-corrected chi connectivity index (χ4v) is 4.46. The fraction of sp³-hybridized carbons (Fsp3) is 0.647. The van der Waals surface area contributed by atoms with Crippen LogP contribution in [0.25, 0.3) is 0 Å². The van der Waals surface area contributed by atoms with Gasteiger partial charge in [-0.25, -0.2) is 0 Å². The highest BCUT2D eigenvalue weighted by Gasteiger charge is 2.34. The topological polar surface area (TPSA) is 21.3 Å². The molecule has 1 N–H and O–H groups in total. The first-order valence-corrected chi connectivity index (χ1v) is 9.23. The molecule has 4 heteroatoms. The molecule has 2 aliphatic carbocycles. The van der Waals surface area contributed by atoms with Crippen molar-refractivity contribution in [2.45, 2.75) is 51.5 Å². The molecule has 1 aromatic carbocycles. The average molecular weight is 373 g/mol. The van der Waals surface area contributed by atoms with E-state index in [0.717, 1.165) is 32.8 Å². The molecule has 116 valence electrons. The first-order valence-electron chi connectivity index (χ1n) is 8.05. The van der Waals surface area contributed by atoms with Crippen LogP contribution in [0.3, 0.4) is 0 Å². The van der Waals surface area contributed by atoms with Crippen molar-refractivity contribution in [3.63, 3.8) is 0 Å². The van der Waals surface area contributed by atoms with E-state index in [0.29, 0.717) is 12.6 Å². The molecule has 0 aliphatic heterocycles. The molecule has 2 nitrogen and oxygen atoms in total. The van der Waals surface area contributed by atoms with Gasteiger partial charge < -0.3 is 10.1 Å². The van der Waals surface area contributed by atoms with Crippen LogP contribution in [-0.2, 0) is 0 Å². The minimum Gasteiger partial charge on any atom is -0.491 e. The maximum absolute atomic E-state index is 6.20. The molecule has 0 amide bonds. The van der Waals surface area contributed by atoms with Crippen LogP contribution in [0.2, 0.25) is 5.02 Å². The van der Waals surface area contributed by atoms with Crippen molar-refractivity contribution in [1.29, 1.82) is 0 Å². The summed E-state index contributed by atoms with van der Waals surface area (Å²) >= 11 is 9.76. The van der Waals surface area contributed by atoms with E-state index in [2.05, 4.69) is 21.2 Å². The molecule has 2 aliphatic rings. The van der Waals surface area contributed by atoms with Gasteiger partial charge in [0.05, 0.1) is 16.8 Å². The van der Waals surface area contributed by atoms with Gasteiger partial charge in [-0.1, -0.05) is 24.4 Å². The van der Waals surface area contributed by atoms with E-state index in [-0.39, 0.29) is 0 Å². The van der Waals surface area contributed by atoms with Gasteiger partial charge in [-0.05, 0) is 72.5 Å². The van der Waals surface area contributed by atoms with Gasteiger partial charge in [0.1, 0.15) is 0 Å². The molecule has 3 rings (SSSR count). The zero-order chi connectivity index (χ0) is 14.8. The minimum absolute atomic E-state index is 0.550. The third-order valence-corrected chi connectivity index (χ3v) is 5.47. The number of nitrogens with one attached hydrogen (secondary N) is 1. The Morgan fingerprint density at radius 2 is 2.05 bits per heavy atom. The van der Waals surface area contributed by atoms with Gasteiger partial charge in [-0.2, -0.15) is 0 Å². The number of anilines is 1. The zero-order valence-corrected chi connectivity index (χ0v) is 14.8. The van der Waals surface area contributed by atoms with Crippen LogP contribution in [0, 0.1) is 11.8 Å². The number of hydrogen-bond donors (Lipinski definition) is 1. The molecule has 0 aromatic heterocycles. The van der Waals surface area contributed by atoms with E-state index < -0.39 is 0 Å². The Morgan fingerprint density at radius 1 is 1.24 bits per heavy atom. The minimum atomic E-state index is 0.550. The van der Waals surface area contributed by atoms with E-state index in [1.54, 1.807) is 0 Å². The van der Waals surface area contributed by atoms with Crippen LogP contribution in [0.1, 0.15) is 45.4 Å². The molecular formula is C17H23BrClNO. The van der Waals surface area contributed by atoms with Crippen molar-refractivity contribution in [2.24, 2.45) is 11.8 Å². The summed E-state index contributed by atoms with van der Waals surface area (Å²) in [5, 5.41) is 4.43. The molecule has 2 atom stereocenters. The Kier molecular flexibility index (Phi) is 5.00. The van der Waals surface area contributed by atoms with Gasteiger partial charge >= 0.3 is 0 Å². The lowest BCUT2D eigenvalue weighted by Crippen LogP contribution is -2.28. The summed E-state index contributed by atoms with van der Waals surface area (Å²) in [6.07, 6.45) is 8.19. The molecule has 0 bridgehead atoms. The van der Waals surface area contributed by atoms with Crippen LogP contribution in [0.4, 0.5) is 5.69 Å². The maximum Gasteiger partial charge on any atom is 0.156 e. The molecule has 0 spiro atoms. The van der Waals surface area contributed by atoms with Gasteiger partial charge in [0.15, 0.2) is 5.75 Å². The lowest BCUT2D eigenvalue weighted by molar-refractivity contribution is 0.301. The average Bonchev–Trinajstić information content (AvgIpc) is 3.27. The summed E-state index contributed by atoms with van der Waals surface area (Å²) in [6, 6.07) is 4.43. The summed E-state index contributed by atoms with van der Waals surface area (Å²) in [4.78, 5) is 0. The first-order chi connectivity index (χ1) is 10.2. The second-order valence-corrected chi connectivity index (χ2v) is 7.59. The van der Waals surface area contributed by atoms with Gasteiger partial charge in [-0.3, -0.25) is 0 Å². The molecule has 21 heavy (non-hydrogen) atoms. The standard InChI is InChI=1S/C17H23BrClNO/c1-2-21-17-15(18)9-13(19)10-16(17)20-14-5-3-4-12(8-14)11-6-7-11/h9-12,14,20H,2-8H2,1H3. The number of hydrogen-bond acceptors (Lipinski definition) is 2. The highest BCUT2D eigenvalue weighted by atomic mass is 79.9. The lowest BCUT2D eigenvalue weighted by Gasteiger charge is -2.31. The highest BCUT2D eigenvalue weighted by Crippen LogP contribution is 2.45. The van der Waals surface area contributed by atoms with E-state index in [1.807, 2.05) is 19.1 Å². The maximum atomic E-state index is 6.20. The summed E-state index contributed by atoms with van der Waals surface area (Å²) < 4.78 is 6.71. The molecule has 0 saturated heterocycles. The van der Waals surface area contributed by atoms with E-state index in [1.165, 1.54) is 38.5 Å². The second kappa shape index (κ2) is 6.78. The summed E-state index contributed by atoms with van der Waals surface area (Å²) in [6.45, 7) is 2.67. The predicted molar refractivity (Wildman–Crippen MR) is 92.4 cm³/mol. The van der Waals surface area contributed by atoms with Crippen LogP contribution in [0.5, 0.6) is 5.75 Å². The van der Waals surface area contributed by atoms with E-state index in [9.17, 15) is 0 Å². The smallest absolute Gasteiger partial charge is 0.156 e. The molecule has 0 heterocycles. The molecular weight excluding hydrogens is 350 g/mol. The van der Waals surface area contributed by atoms with Gasteiger partial charge in [0.2, 0.25) is 0 Å². The normalized spacial score (nSPS) is 25.7. The third kappa shape index (κ3) is 3.87. The largest absolute Gasteiger partial charge is 0.491 e. The Balaban J connectivity index is 1.73. The molecule has 1 aromatic rings. The van der Waals surface area contributed by atoms with Crippen molar-refractivity contribution in [3.05, 3.63) is 21.6 Å². The fourth-order valence-electron chi connectivity index (χ4n) is 3.53. The SMILES string of the molecule is CCOc1c(Br)cc(Cl)cc1NC1CCCC(C2CC2)C1. The summed E-state index contributed by atoms with van der Waals surface area (Å²) in [5.41, 5.74) is 1.03. The Morgan fingerprint density at radius 3 is 2.76 bits per heavy atom. The lowest BCUT2D eigenvalue weighted by atomic mass is 9.82. The highest BCUT2D eigenvalue weighted by molar-refractivity contribution is 9.10. The quantitative estimate of drug-likeness (QED) is 0.696.